The zero-order valence-electron chi connectivity index (χ0n) is 14.4. The zero-order chi connectivity index (χ0) is 19.2. The van der Waals surface area contributed by atoms with Crippen molar-refractivity contribution in [3.8, 4) is 11.4 Å². The molecule has 8 heteroatoms. The third-order valence-electron chi connectivity index (χ3n) is 3.55. The van der Waals surface area contributed by atoms with Gasteiger partial charge in [0.25, 0.3) is 5.89 Å². The molecule has 2 aromatic carbocycles. The van der Waals surface area contributed by atoms with E-state index in [-0.39, 0.29) is 36.5 Å². The summed E-state index contributed by atoms with van der Waals surface area (Å²) < 4.78 is 23.1. The molecule has 0 bridgehead atoms. The molecule has 0 saturated carbocycles. The normalized spacial score (nSPS) is 10.4. The number of carbonyl (C=O) groups is 2. The van der Waals surface area contributed by atoms with Crippen molar-refractivity contribution in [3.63, 3.8) is 0 Å². The summed E-state index contributed by atoms with van der Waals surface area (Å²) >= 11 is 0. The molecule has 0 aliphatic heterocycles. The third kappa shape index (κ3) is 5.21. The number of esters is 1. The van der Waals surface area contributed by atoms with E-state index in [1.165, 1.54) is 31.2 Å². The quantitative estimate of drug-likeness (QED) is 0.671. The Hall–Kier alpha value is -3.55. The second kappa shape index (κ2) is 8.22. The highest BCUT2D eigenvalue weighted by Crippen LogP contribution is 2.16. The number of nitrogens with zero attached hydrogens (tertiary/aromatic N) is 2. The average Bonchev–Trinajstić information content (AvgIpc) is 3.11. The van der Waals surface area contributed by atoms with Crippen LogP contribution in [0.2, 0.25) is 0 Å². The molecular weight excluding hydrogens is 353 g/mol. The van der Waals surface area contributed by atoms with Gasteiger partial charge in [-0.2, -0.15) is 4.98 Å². The lowest BCUT2D eigenvalue weighted by molar-refractivity contribution is -0.144. The number of nitrogens with one attached hydrogen (secondary N) is 1. The summed E-state index contributed by atoms with van der Waals surface area (Å²) in [6, 6.07) is 12.5. The Morgan fingerprint density at radius 2 is 1.81 bits per heavy atom. The number of benzene rings is 2. The maximum Gasteiger partial charge on any atom is 0.310 e. The van der Waals surface area contributed by atoms with Crippen LogP contribution < -0.4 is 5.32 Å². The van der Waals surface area contributed by atoms with E-state index in [4.69, 9.17) is 9.26 Å². The van der Waals surface area contributed by atoms with Crippen LogP contribution in [-0.2, 0) is 27.4 Å². The monoisotopic (exact) mass is 369 g/mol. The maximum absolute atomic E-state index is 12.9. The van der Waals surface area contributed by atoms with Gasteiger partial charge in [-0.05, 0) is 42.0 Å². The molecule has 3 aromatic rings. The summed E-state index contributed by atoms with van der Waals surface area (Å²) in [5.74, 6) is -0.551. The fourth-order valence-electron chi connectivity index (χ4n) is 2.30. The second-order valence-electron chi connectivity index (χ2n) is 5.73. The van der Waals surface area contributed by atoms with Crippen molar-refractivity contribution in [2.75, 3.05) is 5.32 Å². The predicted molar refractivity (Wildman–Crippen MR) is 93.9 cm³/mol. The Balaban J connectivity index is 1.52. The number of ether oxygens (including phenoxy) is 1. The smallest absolute Gasteiger partial charge is 0.310 e. The molecule has 0 saturated heterocycles. The van der Waals surface area contributed by atoms with Gasteiger partial charge in [0.1, 0.15) is 5.82 Å². The van der Waals surface area contributed by atoms with Crippen molar-refractivity contribution in [3.05, 3.63) is 65.8 Å². The average molecular weight is 369 g/mol. The number of anilines is 1. The van der Waals surface area contributed by atoms with E-state index in [2.05, 4.69) is 15.5 Å². The molecule has 27 heavy (non-hydrogen) atoms. The third-order valence-corrected chi connectivity index (χ3v) is 3.55. The molecular formula is C19H16FN3O4. The summed E-state index contributed by atoms with van der Waals surface area (Å²) in [7, 11) is 0. The number of hydrogen-bond acceptors (Lipinski definition) is 6. The van der Waals surface area contributed by atoms with Crippen LogP contribution in [-0.4, -0.2) is 22.0 Å². The maximum atomic E-state index is 12.9. The number of rotatable bonds is 6. The van der Waals surface area contributed by atoms with Gasteiger partial charge in [-0.15, -0.1) is 0 Å². The molecule has 0 unspecified atom stereocenters. The summed E-state index contributed by atoms with van der Waals surface area (Å²) in [5.41, 5.74) is 1.99. The minimum atomic E-state index is -0.455. The Labute approximate surface area is 154 Å². The van der Waals surface area contributed by atoms with Crippen LogP contribution in [0.1, 0.15) is 18.4 Å². The molecule has 0 spiro atoms. The summed E-state index contributed by atoms with van der Waals surface area (Å²) in [4.78, 5) is 27.0. The molecule has 7 nitrogen and oxygen atoms in total. The SMILES string of the molecule is CC(=O)Nc1ccc(CC(=O)OCc2nc(-c3ccc(F)cc3)no2)cc1. The van der Waals surface area contributed by atoms with Gasteiger partial charge in [-0.3, -0.25) is 9.59 Å². The van der Waals surface area contributed by atoms with Crippen LogP contribution in [0.5, 0.6) is 0 Å². The fraction of sp³-hybridized carbons (Fsp3) is 0.158. The van der Waals surface area contributed by atoms with Crippen LogP contribution in [0.15, 0.2) is 53.1 Å². The van der Waals surface area contributed by atoms with Crippen molar-refractivity contribution in [2.24, 2.45) is 0 Å². The van der Waals surface area contributed by atoms with Gasteiger partial charge in [-0.1, -0.05) is 17.3 Å². The van der Waals surface area contributed by atoms with Gasteiger partial charge in [-0.25, -0.2) is 4.39 Å². The van der Waals surface area contributed by atoms with E-state index >= 15 is 0 Å². The number of hydrogen-bond donors (Lipinski definition) is 1. The molecule has 1 amide bonds. The van der Waals surface area contributed by atoms with Crippen LogP contribution in [0.3, 0.4) is 0 Å². The van der Waals surface area contributed by atoms with Gasteiger partial charge in [0.15, 0.2) is 6.61 Å². The summed E-state index contributed by atoms with van der Waals surface area (Å²) in [6.45, 7) is 1.27. The summed E-state index contributed by atoms with van der Waals surface area (Å²) in [6.07, 6.45) is 0.0688. The van der Waals surface area contributed by atoms with Crippen molar-refractivity contribution >= 4 is 17.6 Å². The first-order valence-corrected chi connectivity index (χ1v) is 8.10. The fourth-order valence-corrected chi connectivity index (χ4v) is 2.30. The second-order valence-corrected chi connectivity index (χ2v) is 5.73. The number of amides is 1. The van der Waals surface area contributed by atoms with Gasteiger partial charge in [0.2, 0.25) is 11.7 Å². The number of aromatic nitrogens is 2. The molecule has 0 aliphatic rings. The number of halogens is 1. The van der Waals surface area contributed by atoms with Crippen molar-refractivity contribution in [2.45, 2.75) is 20.0 Å². The Morgan fingerprint density at radius 3 is 2.48 bits per heavy atom. The van der Waals surface area contributed by atoms with Crippen LogP contribution in [0.25, 0.3) is 11.4 Å². The molecule has 0 fully saturated rings. The first kappa shape index (κ1) is 18.2. The lowest BCUT2D eigenvalue weighted by Crippen LogP contribution is -2.09. The van der Waals surface area contributed by atoms with Gasteiger partial charge < -0.3 is 14.6 Å². The first-order chi connectivity index (χ1) is 13.0. The minimum Gasteiger partial charge on any atom is -0.455 e. The number of carbonyl (C=O) groups excluding carboxylic acids is 2. The minimum absolute atomic E-state index is 0.0688. The van der Waals surface area contributed by atoms with E-state index in [1.807, 2.05) is 0 Å². The van der Waals surface area contributed by atoms with Crippen molar-refractivity contribution in [1.29, 1.82) is 0 Å². The van der Waals surface area contributed by atoms with Crippen molar-refractivity contribution < 1.29 is 23.2 Å². The van der Waals surface area contributed by atoms with E-state index in [0.717, 1.165) is 5.56 Å². The molecule has 0 atom stereocenters. The highest BCUT2D eigenvalue weighted by molar-refractivity contribution is 5.88. The van der Waals surface area contributed by atoms with E-state index in [1.54, 1.807) is 24.3 Å². The van der Waals surface area contributed by atoms with E-state index < -0.39 is 5.97 Å². The Kier molecular flexibility index (Phi) is 5.55. The Bertz CT molecular complexity index is 936. The van der Waals surface area contributed by atoms with Gasteiger partial charge in [0, 0.05) is 18.2 Å². The summed E-state index contributed by atoms with van der Waals surface area (Å²) in [5, 5.41) is 6.42. The van der Waals surface area contributed by atoms with Gasteiger partial charge in [0.05, 0.1) is 6.42 Å². The predicted octanol–water partition coefficient (Wildman–Crippen LogP) is 3.12. The molecule has 138 valence electrons. The standard InChI is InChI=1S/C19H16FN3O4/c1-12(24)21-16-8-2-13(3-9-16)10-18(25)26-11-17-22-19(23-27-17)14-4-6-15(20)7-5-14/h2-9H,10-11H2,1H3,(H,21,24). The first-order valence-electron chi connectivity index (χ1n) is 8.10. The van der Waals surface area contributed by atoms with Crippen LogP contribution >= 0.6 is 0 Å². The molecule has 1 heterocycles. The zero-order valence-corrected chi connectivity index (χ0v) is 14.4. The molecule has 0 aliphatic carbocycles. The Morgan fingerprint density at radius 1 is 1.11 bits per heavy atom. The molecule has 1 N–H and O–H groups in total. The lowest BCUT2D eigenvalue weighted by atomic mass is 10.1. The van der Waals surface area contributed by atoms with E-state index in [0.29, 0.717) is 11.3 Å². The van der Waals surface area contributed by atoms with Crippen LogP contribution in [0.4, 0.5) is 10.1 Å². The topological polar surface area (TPSA) is 94.3 Å². The van der Waals surface area contributed by atoms with E-state index in [9.17, 15) is 14.0 Å². The van der Waals surface area contributed by atoms with Gasteiger partial charge >= 0.3 is 5.97 Å². The highest BCUT2D eigenvalue weighted by Gasteiger charge is 2.12. The van der Waals surface area contributed by atoms with Crippen molar-refractivity contribution in [1.82, 2.24) is 10.1 Å². The largest absolute Gasteiger partial charge is 0.455 e. The molecule has 1 aromatic heterocycles. The lowest BCUT2D eigenvalue weighted by Gasteiger charge is -2.05. The highest BCUT2D eigenvalue weighted by atomic mass is 19.1. The molecule has 0 radical (unpaired) electrons. The molecule has 3 rings (SSSR count). The van der Waals surface area contributed by atoms with Crippen LogP contribution in [0, 0.1) is 5.82 Å².